The van der Waals surface area contributed by atoms with Gasteiger partial charge in [-0.15, -0.1) is 0 Å². The molecular formula is C12H20O5S. The van der Waals surface area contributed by atoms with Gasteiger partial charge in [0.1, 0.15) is 0 Å². The van der Waals surface area contributed by atoms with E-state index in [9.17, 15) is 14.7 Å². The maximum absolute atomic E-state index is 11.3. The van der Waals surface area contributed by atoms with E-state index < -0.39 is 11.6 Å². The average molecular weight is 276 g/mol. The fourth-order valence-electron chi connectivity index (χ4n) is 1.67. The van der Waals surface area contributed by atoms with Crippen molar-refractivity contribution in [2.75, 3.05) is 25.7 Å². The molecule has 1 atom stereocenters. The lowest BCUT2D eigenvalue weighted by atomic mass is 10.1. The second-order valence-electron chi connectivity index (χ2n) is 5.01. The molecule has 0 aromatic carbocycles. The number of carbonyl (C=O) groups is 2. The molecule has 1 aliphatic carbocycles. The zero-order valence-corrected chi connectivity index (χ0v) is 11.8. The number of rotatable bonds is 7. The lowest BCUT2D eigenvalue weighted by Crippen LogP contribution is -2.39. The number of carbonyl (C=O) groups excluding carboxylic acids is 2. The van der Waals surface area contributed by atoms with Crippen LogP contribution in [0.2, 0.25) is 0 Å². The molecule has 1 aliphatic rings. The van der Waals surface area contributed by atoms with Crippen LogP contribution < -0.4 is 0 Å². The summed E-state index contributed by atoms with van der Waals surface area (Å²) in [5.74, 6) is 0.179. The summed E-state index contributed by atoms with van der Waals surface area (Å²) in [6.45, 7) is 1.44. The van der Waals surface area contributed by atoms with Gasteiger partial charge in [-0.1, -0.05) is 0 Å². The van der Waals surface area contributed by atoms with Crippen LogP contribution in [-0.4, -0.2) is 48.4 Å². The zero-order chi connectivity index (χ0) is 13.8. The Balaban J connectivity index is 2.34. The molecular weight excluding hydrogens is 256 g/mol. The van der Waals surface area contributed by atoms with Crippen molar-refractivity contribution in [2.45, 2.75) is 31.8 Å². The van der Waals surface area contributed by atoms with Crippen molar-refractivity contribution < 1.29 is 24.2 Å². The Hall–Kier alpha value is -0.750. The number of ether oxygens (including phenoxy) is 2. The smallest absolute Gasteiger partial charge is 0.338 e. The monoisotopic (exact) mass is 276 g/mol. The topological polar surface area (TPSA) is 72.8 Å². The van der Waals surface area contributed by atoms with Gasteiger partial charge in [-0.05, 0) is 30.9 Å². The van der Waals surface area contributed by atoms with Gasteiger partial charge in [-0.25, -0.2) is 4.79 Å². The van der Waals surface area contributed by atoms with E-state index in [2.05, 4.69) is 9.47 Å². The highest BCUT2D eigenvalue weighted by Gasteiger charge is 2.45. The van der Waals surface area contributed by atoms with E-state index in [1.807, 2.05) is 0 Å². The van der Waals surface area contributed by atoms with Crippen LogP contribution in [-0.2, 0) is 19.1 Å². The van der Waals surface area contributed by atoms with Crippen LogP contribution in [0.1, 0.15) is 26.2 Å². The van der Waals surface area contributed by atoms with Crippen LogP contribution in [0.25, 0.3) is 0 Å². The van der Waals surface area contributed by atoms with E-state index in [1.165, 1.54) is 32.9 Å². The van der Waals surface area contributed by atoms with Crippen LogP contribution in [0.5, 0.6) is 0 Å². The Labute approximate surface area is 111 Å². The summed E-state index contributed by atoms with van der Waals surface area (Å²) in [5.41, 5.74) is -1.47. The molecule has 0 bridgehead atoms. The van der Waals surface area contributed by atoms with Gasteiger partial charge in [-0.3, -0.25) is 4.79 Å². The standard InChI is InChI=1S/C12H20O5S/c1-11(15,10(14)17-3)7-18-8-12(4-5-12)6-9(13)16-2/h15H,4-8H2,1-3H3. The van der Waals surface area contributed by atoms with Crippen molar-refractivity contribution in [1.29, 1.82) is 0 Å². The summed E-state index contributed by atoms with van der Waals surface area (Å²) in [5, 5.41) is 9.84. The third-order valence-electron chi connectivity index (χ3n) is 3.12. The van der Waals surface area contributed by atoms with Crippen molar-refractivity contribution in [3.8, 4) is 0 Å². The van der Waals surface area contributed by atoms with Crippen LogP contribution in [0, 0.1) is 5.41 Å². The van der Waals surface area contributed by atoms with E-state index in [4.69, 9.17) is 0 Å². The van der Waals surface area contributed by atoms with E-state index in [0.717, 1.165) is 18.6 Å². The predicted octanol–water partition coefficient (Wildman–Crippen LogP) is 0.987. The number of hydrogen-bond acceptors (Lipinski definition) is 6. The van der Waals surface area contributed by atoms with Crippen LogP contribution in [0.3, 0.4) is 0 Å². The molecule has 5 nitrogen and oxygen atoms in total. The van der Waals surface area contributed by atoms with E-state index in [-0.39, 0.29) is 17.1 Å². The van der Waals surface area contributed by atoms with E-state index in [0.29, 0.717) is 6.42 Å². The van der Waals surface area contributed by atoms with Gasteiger partial charge < -0.3 is 14.6 Å². The third kappa shape index (κ3) is 4.17. The van der Waals surface area contributed by atoms with Crippen LogP contribution >= 0.6 is 11.8 Å². The van der Waals surface area contributed by atoms with Gasteiger partial charge in [0.15, 0.2) is 5.60 Å². The zero-order valence-electron chi connectivity index (χ0n) is 11.0. The van der Waals surface area contributed by atoms with Gasteiger partial charge in [-0.2, -0.15) is 11.8 Å². The average Bonchev–Trinajstić information content (AvgIpc) is 3.07. The molecule has 0 amide bonds. The van der Waals surface area contributed by atoms with Gasteiger partial charge in [0, 0.05) is 5.75 Å². The lowest BCUT2D eigenvalue weighted by Gasteiger charge is -2.21. The fraction of sp³-hybridized carbons (Fsp3) is 0.833. The molecule has 1 unspecified atom stereocenters. The number of hydrogen-bond donors (Lipinski definition) is 1. The summed E-state index contributed by atoms with van der Waals surface area (Å²) in [6, 6.07) is 0. The van der Waals surface area contributed by atoms with Crippen LogP contribution in [0.15, 0.2) is 0 Å². The van der Waals surface area contributed by atoms with Gasteiger partial charge in [0.2, 0.25) is 0 Å². The molecule has 0 aromatic rings. The molecule has 0 radical (unpaired) electrons. The Morgan fingerprint density at radius 2 is 1.94 bits per heavy atom. The first kappa shape index (κ1) is 15.3. The number of esters is 2. The Morgan fingerprint density at radius 1 is 1.33 bits per heavy atom. The molecule has 1 saturated carbocycles. The summed E-state index contributed by atoms with van der Waals surface area (Å²) < 4.78 is 9.18. The normalized spacial score (nSPS) is 19.8. The maximum Gasteiger partial charge on any atom is 0.338 e. The molecule has 104 valence electrons. The third-order valence-corrected chi connectivity index (χ3v) is 4.70. The minimum absolute atomic E-state index is 0.00393. The van der Waals surface area contributed by atoms with Gasteiger partial charge in [0.05, 0.1) is 20.6 Å². The summed E-state index contributed by atoms with van der Waals surface area (Å²) in [7, 11) is 2.63. The summed E-state index contributed by atoms with van der Waals surface area (Å²) >= 11 is 1.47. The minimum Gasteiger partial charge on any atom is -0.469 e. The molecule has 0 saturated heterocycles. The molecule has 18 heavy (non-hydrogen) atoms. The molecule has 1 rings (SSSR count). The maximum atomic E-state index is 11.3. The molecule has 0 spiro atoms. The SMILES string of the molecule is COC(=O)CC1(CSCC(C)(O)C(=O)OC)CC1. The molecule has 0 aromatic heterocycles. The Morgan fingerprint density at radius 3 is 2.39 bits per heavy atom. The van der Waals surface area contributed by atoms with E-state index in [1.54, 1.807) is 0 Å². The van der Waals surface area contributed by atoms with Crippen molar-refractivity contribution >= 4 is 23.7 Å². The number of thioether (sulfide) groups is 1. The van der Waals surface area contributed by atoms with Crippen molar-refractivity contribution in [3.05, 3.63) is 0 Å². The van der Waals surface area contributed by atoms with Crippen LogP contribution in [0.4, 0.5) is 0 Å². The minimum atomic E-state index is -1.47. The molecule has 1 fully saturated rings. The van der Waals surface area contributed by atoms with Crippen molar-refractivity contribution in [2.24, 2.45) is 5.41 Å². The predicted molar refractivity (Wildman–Crippen MR) is 68.3 cm³/mol. The highest BCUT2D eigenvalue weighted by Crippen LogP contribution is 2.51. The summed E-state index contributed by atoms with van der Waals surface area (Å²) in [6.07, 6.45) is 2.40. The van der Waals surface area contributed by atoms with Gasteiger partial charge >= 0.3 is 11.9 Å². The second-order valence-corrected chi connectivity index (χ2v) is 6.00. The highest BCUT2D eigenvalue weighted by molar-refractivity contribution is 7.99. The Bertz CT molecular complexity index is 322. The first-order valence-corrected chi connectivity index (χ1v) is 6.96. The molecule has 0 heterocycles. The first-order chi connectivity index (χ1) is 8.35. The molecule has 6 heteroatoms. The lowest BCUT2D eigenvalue weighted by molar-refractivity contribution is -0.158. The molecule has 0 aliphatic heterocycles. The fourth-order valence-corrected chi connectivity index (χ4v) is 3.11. The Kier molecular flexibility index (Phi) is 5.04. The largest absolute Gasteiger partial charge is 0.469 e. The number of aliphatic hydroxyl groups is 1. The van der Waals surface area contributed by atoms with Crippen molar-refractivity contribution in [1.82, 2.24) is 0 Å². The van der Waals surface area contributed by atoms with Crippen molar-refractivity contribution in [3.63, 3.8) is 0 Å². The van der Waals surface area contributed by atoms with Gasteiger partial charge in [0.25, 0.3) is 0 Å². The first-order valence-electron chi connectivity index (χ1n) is 5.81. The number of methoxy groups -OCH3 is 2. The highest BCUT2D eigenvalue weighted by atomic mass is 32.2. The van der Waals surface area contributed by atoms with E-state index >= 15 is 0 Å². The quantitative estimate of drug-likeness (QED) is 0.699. The second kappa shape index (κ2) is 5.93. The summed E-state index contributed by atoms with van der Waals surface area (Å²) in [4.78, 5) is 22.5. The molecule has 1 N–H and O–H groups in total.